The summed E-state index contributed by atoms with van der Waals surface area (Å²) in [5.74, 6) is -0.208. The van der Waals surface area contributed by atoms with Gasteiger partial charge < -0.3 is 5.32 Å². The van der Waals surface area contributed by atoms with Gasteiger partial charge in [-0.3, -0.25) is 4.79 Å². The molecule has 8 heteroatoms. The summed E-state index contributed by atoms with van der Waals surface area (Å²) >= 11 is 1.41. The van der Waals surface area contributed by atoms with Crippen molar-refractivity contribution in [3.63, 3.8) is 0 Å². The summed E-state index contributed by atoms with van der Waals surface area (Å²) in [6, 6.07) is 5.26. The number of anilines is 1. The molecule has 0 radical (unpaired) electrons. The number of nitrogens with one attached hydrogen (secondary N) is 1. The average molecular weight is 367 g/mol. The molecule has 1 amide bonds. The third-order valence-electron chi connectivity index (χ3n) is 4.18. The fourth-order valence-corrected chi connectivity index (χ4v) is 5.73. The molecule has 24 heavy (non-hydrogen) atoms. The predicted octanol–water partition coefficient (Wildman–Crippen LogP) is 2.75. The zero-order chi connectivity index (χ0) is 17.3. The second kappa shape index (κ2) is 6.78. The van der Waals surface area contributed by atoms with Crippen LogP contribution in [0.15, 0.2) is 18.2 Å². The minimum absolute atomic E-state index is 0.0805. The average Bonchev–Trinajstić information content (AvgIpc) is 3.14. The molecule has 2 heterocycles. The van der Waals surface area contributed by atoms with Gasteiger partial charge in [0.2, 0.25) is 15.9 Å². The van der Waals surface area contributed by atoms with Gasteiger partial charge in [-0.15, -0.1) is 0 Å². The zero-order valence-corrected chi connectivity index (χ0v) is 15.4. The first-order valence-electron chi connectivity index (χ1n) is 8.09. The predicted molar refractivity (Wildman–Crippen MR) is 96.8 cm³/mol. The number of carbonyl (C=O) groups excluding carboxylic acids is 1. The van der Waals surface area contributed by atoms with Crippen molar-refractivity contribution in [2.24, 2.45) is 0 Å². The summed E-state index contributed by atoms with van der Waals surface area (Å²) in [7, 11) is -3.37. The molecule has 1 atom stereocenters. The lowest BCUT2D eigenvalue weighted by molar-refractivity contribution is -0.119. The lowest BCUT2D eigenvalue weighted by Gasteiger charge is -2.22. The normalized spacial score (nSPS) is 19.0. The van der Waals surface area contributed by atoms with Crippen LogP contribution in [-0.2, 0) is 14.8 Å². The molecule has 0 bridgehead atoms. The summed E-state index contributed by atoms with van der Waals surface area (Å²) in [5, 5.41) is 3.32. The number of rotatable bonds is 5. The molecule has 0 aliphatic carbocycles. The first-order valence-corrected chi connectivity index (χ1v) is 10.5. The van der Waals surface area contributed by atoms with E-state index in [1.165, 1.54) is 15.6 Å². The number of aryl methyl sites for hydroxylation is 1. The highest BCUT2D eigenvalue weighted by Gasteiger charge is 2.38. The van der Waals surface area contributed by atoms with E-state index >= 15 is 0 Å². The monoisotopic (exact) mass is 367 g/mol. The van der Waals surface area contributed by atoms with Crippen LogP contribution >= 0.6 is 11.3 Å². The lowest BCUT2D eigenvalue weighted by atomic mass is 10.2. The maximum absolute atomic E-state index is 12.6. The first-order chi connectivity index (χ1) is 11.4. The fraction of sp³-hybridized carbons (Fsp3) is 0.500. The molecule has 2 aromatic rings. The largest absolute Gasteiger partial charge is 0.301 e. The molecule has 6 nitrogen and oxygen atoms in total. The molecule has 0 spiro atoms. The van der Waals surface area contributed by atoms with E-state index in [0.717, 1.165) is 15.8 Å². The fourth-order valence-electron chi connectivity index (χ4n) is 3.04. The number of thiazole rings is 1. The van der Waals surface area contributed by atoms with Crippen LogP contribution in [0.3, 0.4) is 0 Å². The number of carbonyl (C=O) groups is 1. The molecule has 0 unspecified atom stereocenters. The molecule has 130 valence electrons. The molecular formula is C16H21N3O3S2. The molecule has 0 saturated carbocycles. The van der Waals surface area contributed by atoms with E-state index in [0.29, 0.717) is 30.9 Å². The van der Waals surface area contributed by atoms with Crippen LogP contribution in [0.4, 0.5) is 5.13 Å². The number of sulfonamides is 1. The number of fused-ring (bicyclic) bond motifs is 1. The second-order valence-electron chi connectivity index (χ2n) is 6.01. The van der Waals surface area contributed by atoms with Gasteiger partial charge in [-0.05, 0) is 37.8 Å². The summed E-state index contributed by atoms with van der Waals surface area (Å²) in [6.07, 6.45) is 1.81. The van der Waals surface area contributed by atoms with Gasteiger partial charge in [-0.25, -0.2) is 13.4 Å². The Morgan fingerprint density at radius 3 is 2.96 bits per heavy atom. The maximum atomic E-state index is 12.6. The van der Waals surface area contributed by atoms with E-state index in [2.05, 4.69) is 10.3 Å². The van der Waals surface area contributed by atoms with Crippen LogP contribution in [-0.4, -0.2) is 42.0 Å². The minimum Gasteiger partial charge on any atom is -0.301 e. The SMILES string of the molecule is CCCS(=O)(=O)N1CCC[C@@H]1C(=O)Nc1nc2c(C)cccc2s1. The van der Waals surface area contributed by atoms with Crippen LogP contribution in [0, 0.1) is 6.92 Å². The maximum Gasteiger partial charge on any atom is 0.244 e. The van der Waals surface area contributed by atoms with Crippen molar-refractivity contribution in [1.29, 1.82) is 0 Å². The third kappa shape index (κ3) is 3.31. The van der Waals surface area contributed by atoms with Gasteiger partial charge in [0, 0.05) is 6.54 Å². The Morgan fingerprint density at radius 2 is 2.25 bits per heavy atom. The molecular weight excluding hydrogens is 346 g/mol. The van der Waals surface area contributed by atoms with Crippen LogP contribution in [0.25, 0.3) is 10.2 Å². The Kier molecular flexibility index (Phi) is 4.89. The highest BCUT2D eigenvalue weighted by Crippen LogP contribution is 2.29. The van der Waals surface area contributed by atoms with Gasteiger partial charge in [0.1, 0.15) is 6.04 Å². The van der Waals surface area contributed by atoms with Gasteiger partial charge in [0.25, 0.3) is 0 Å². The van der Waals surface area contributed by atoms with Crippen LogP contribution < -0.4 is 5.32 Å². The van der Waals surface area contributed by atoms with Crippen molar-refractivity contribution in [3.8, 4) is 0 Å². The van der Waals surface area contributed by atoms with E-state index in [-0.39, 0.29) is 11.7 Å². The van der Waals surface area contributed by atoms with Crippen molar-refractivity contribution in [1.82, 2.24) is 9.29 Å². The molecule has 1 N–H and O–H groups in total. The van der Waals surface area contributed by atoms with E-state index in [1.807, 2.05) is 32.0 Å². The summed E-state index contributed by atoms with van der Waals surface area (Å²) in [4.78, 5) is 17.1. The standard InChI is InChI=1S/C16H21N3O3S2/c1-3-10-24(21,22)19-9-5-7-12(19)15(20)18-16-17-14-11(2)6-4-8-13(14)23-16/h4,6,8,12H,3,5,7,9-10H2,1-2H3,(H,17,18,20)/t12-/m1/s1. The third-order valence-corrected chi connectivity index (χ3v) is 7.19. The number of hydrogen-bond donors (Lipinski definition) is 1. The van der Waals surface area contributed by atoms with Crippen LogP contribution in [0.2, 0.25) is 0 Å². The van der Waals surface area contributed by atoms with Crippen LogP contribution in [0.5, 0.6) is 0 Å². The van der Waals surface area contributed by atoms with Crippen molar-refractivity contribution in [2.45, 2.75) is 39.2 Å². The summed E-state index contributed by atoms with van der Waals surface area (Å²) in [6.45, 7) is 4.22. The van der Waals surface area contributed by atoms with Gasteiger partial charge >= 0.3 is 0 Å². The molecule has 1 aliphatic heterocycles. The van der Waals surface area contributed by atoms with Crippen molar-refractivity contribution in [2.75, 3.05) is 17.6 Å². The second-order valence-corrected chi connectivity index (χ2v) is 9.09. The van der Waals surface area contributed by atoms with E-state index in [1.54, 1.807) is 0 Å². The van der Waals surface area contributed by atoms with E-state index in [9.17, 15) is 13.2 Å². The minimum atomic E-state index is -3.37. The van der Waals surface area contributed by atoms with Crippen molar-refractivity contribution in [3.05, 3.63) is 23.8 Å². The van der Waals surface area contributed by atoms with E-state index in [4.69, 9.17) is 0 Å². The highest BCUT2D eigenvalue weighted by molar-refractivity contribution is 7.89. The summed E-state index contributed by atoms with van der Waals surface area (Å²) in [5.41, 5.74) is 1.93. The zero-order valence-electron chi connectivity index (χ0n) is 13.8. The van der Waals surface area contributed by atoms with E-state index < -0.39 is 16.1 Å². The molecule has 1 aliphatic rings. The Morgan fingerprint density at radius 1 is 1.46 bits per heavy atom. The lowest BCUT2D eigenvalue weighted by Crippen LogP contribution is -2.44. The number of aromatic nitrogens is 1. The molecule has 1 aromatic heterocycles. The quantitative estimate of drug-likeness (QED) is 0.881. The molecule has 1 fully saturated rings. The van der Waals surface area contributed by atoms with Crippen molar-refractivity contribution < 1.29 is 13.2 Å². The Hall–Kier alpha value is -1.51. The van der Waals surface area contributed by atoms with Gasteiger partial charge in [0.15, 0.2) is 5.13 Å². The highest BCUT2D eigenvalue weighted by atomic mass is 32.2. The number of benzene rings is 1. The number of nitrogens with zero attached hydrogens (tertiary/aromatic N) is 2. The summed E-state index contributed by atoms with van der Waals surface area (Å²) < 4.78 is 27.0. The molecule has 1 aromatic carbocycles. The number of hydrogen-bond acceptors (Lipinski definition) is 5. The first kappa shape index (κ1) is 17.3. The van der Waals surface area contributed by atoms with Crippen LogP contribution in [0.1, 0.15) is 31.7 Å². The van der Waals surface area contributed by atoms with Gasteiger partial charge in [-0.1, -0.05) is 30.4 Å². The Balaban J connectivity index is 1.79. The Bertz CT molecular complexity index is 861. The number of para-hydroxylation sites is 1. The number of amides is 1. The molecule has 1 saturated heterocycles. The van der Waals surface area contributed by atoms with Crippen molar-refractivity contribution >= 4 is 42.6 Å². The Labute approximate surface area is 145 Å². The molecule has 3 rings (SSSR count). The smallest absolute Gasteiger partial charge is 0.244 e. The van der Waals surface area contributed by atoms with Gasteiger partial charge in [0.05, 0.1) is 16.0 Å². The topological polar surface area (TPSA) is 79.4 Å². The van der Waals surface area contributed by atoms with Gasteiger partial charge in [-0.2, -0.15) is 4.31 Å².